The van der Waals surface area contributed by atoms with Crippen molar-refractivity contribution in [3.05, 3.63) is 0 Å². The third kappa shape index (κ3) is 5.44. The van der Waals surface area contributed by atoms with E-state index in [0.29, 0.717) is 0 Å². The van der Waals surface area contributed by atoms with E-state index in [1.807, 2.05) is 0 Å². The van der Waals surface area contributed by atoms with Crippen LogP contribution in [0.3, 0.4) is 0 Å². The predicted octanol–water partition coefficient (Wildman–Crippen LogP) is -1.09. The van der Waals surface area contributed by atoms with Gasteiger partial charge in [-0.15, -0.1) is 0 Å². The van der Waals surface area contributed by atoms with E-state index in [1.165, 1.54) is 0 Å². The Bertz CT molecular complexity index is 103. The van der Waals surface area contributed by atoms with Gasteiger partial charge in [0.1, 0.15) is 0 Å². The molecule has 0 aliphatic rings. The number of aliphatic hydroxyl groups excluding tert-OH is 2. The van der Waals surface area contributed by atoms with Crippen LogP contribution in [0.4, 0.5) is 0 Å². The SMILES string of the molecule is O=C(O)C(CO)CCO.[Ca+2].[H-].[H-]. The summed E-state index contributed by atoms with van der Waals surface area (Å²) in [6.07, 6.45) is 0.117. The zero-order chi connectivity index (χ0) is 7.28. The second-order valence-electron chi connectivity index (χ2n) is 1.73. The molecule has 4 nitrogen and oxygen atoms in total. The zero-order valence-corrected chi connectivity index (χ0v) is 7.86. The molecule has 0 heterocycles. The van der Waals surface area contributed by atoms with Gasteiger partial charge in [-0.25, -0.2) is 0 Å². The first kappa shape index (κ1) is 13.3. The molecule has 0 amide bonds. The fourth-order valence-electron chi connectivity index (χ4n) is 0.449. The van der Waals surface area contributed by atoms with Crippen molar-refractivity contribution in [2.24, 2.45) is 5.92 Å². The Hall–Kier alpha value is 0.650. The van der Waals surface area contributed by atoms with Gasteiger partial charge in [0.25, 0.3) is 0 Å². The van der Waals surface area contributed by atoms with Crippen molar-refractivity contribution in [1.82, 2.24) is 0 Å². The third-order valence-corrected chi connectivity index (χ3v) is 1.05. The largest absolute Gasteiger partial charge is 2.00 e. The van der Waals surface area contributed by atoms with Gasteiger partial charge in [0.2, 0.25) is 0 Å². The second-order valence-corrected chi connectivity index (χ2v) is 1.73. The molecule has 0 rings (SSSR count). The van der Waals surface area contributed by atoms with Gasteiger partial charge in [-0.3, -0.25) is 4.79 Å². The van der Waals surface area contributed by atoms with E-state index in [1.54, 1.807) is 0 Å². The summed E-state index contributed by atoms with van der Waals surface area (Å²) in [5.41, 5.74) is 0. The van der Waals surface area contributed by atoms with E-state index in [9.17, 15) is 4.79 Å². The number of carboxylic acid groups (broad SMARTS) is 1. The Morgan fingerprint density at radius 3 is 2.10 bits per heavy atom. The van der Waals surface area contributed by atoms with Crippen molar-refractivity contribution in [3.8, 4) is 0 Å². The Morgan fingerprint density at radius 1 is 1.50 bits per heavy atom. The van der Waals surface area contributed by atoms with Gasteiger partial charge in [0, 0.05) is 6.61 Å². The summed E-state index contributed by atoms with van der Waals surface area (Å²) in [6, 6.07) is 0. The Kier molecular flexibility index (Phi) is 10.3. The van der Waals surface area contributed by atoms with Crippen molar-refractivity contribution in [2.75, 3.05) is 13.2 Å². The van der Waals surface area contributed by atoms with Gasteiger partial charge >= 0.3 is 43.7 Å². The maximum atomic E-state index is 10.0. The van der Waals surface area contributed by atoms with E-state index in [4.69, 9.17) is 15.3 Å². The number of rotatable bonds is 4. The van der Waals surface area contributed by atoms with E-state index in [-0.39, 0.29) is 53.6 Å². The maximum absolute atomic E-state index is 10.0. The molecular formula is C5H12CaO4. The normalized spacial score (nSPS) is 11.8. The molecule has 0 aromatic heterocycles. The minimum atomic E-state index is -1.06. The predicted molar refractivity (Wildman–Crippen MR) is 37.9 cm³/mol. The van der Waals surface area contributed by atoms with Crippen molar-refractivity contribution >= 4 is 43.7 Å². The van der Waals surface area contributed by atoms with Crippen LogP contribution in [0.5, 0.6) is 0 Å². The summed E-state index contributed by atoms with van der Waals surface area (Å²) in [5, 5.41) is 24.8. The fourth-order valence-corrected chi connectivity index (χ4v) is 0.449. The summed E-state index contributed by atoms with van der Waals surface area (Å²) < 4.78 is 0. The molecule has 1 unspecified atom stereocenters. The smallest absolute Gasteiger partial charge is 1.00 e. The van der Waals surface area contributed by atoms with Gasteiger partial charge in [0.05, 0.1) is 12.5 Å². The Labute approximate surface area is 91.8 Å². The number of hydrogen-bond donors (Lipinski definition) is 3. The minimum absolute atomic E-state index is 0. The molecule has 3 N–H and O–H groups in total. The number of aliphatic hydroxyl groups is 2. The third-order valence-electron chi connectivity index (χ3n) is 1.05. The van der Waals surface area contributed by atoms with Crippen molar-refractivity contribution in [3.63, 3.8) is 0 Å². The molecule has 0 fully saturated rings. The average molecular weight is 176 g/mol. The maximum Gasteiger partial charge on any atom is 2.00 e. The molecule has 0 aromatic carbocycles. The molecule has 0 bridgehead atoms. The van der Waals surface area contributed by atoms with Crippen molar-refractivity contribution in [1.29, 1.82) is 0 Å². The van der Waals surface area contributed by atoms with E-state index >= 15 is 0 Å². The summed E-state index contributed by atoms with van der Waals surface area (Å²) in [6.45, 7) is -0.604. The first-order valence-corrected chi connectivity index (χ1v) is 2.67. The van der Waals surface area contributed by atoms with E-state index in [0.717, 1.165) is 0 Å². The van der Waals surface area contributed by atoms with Crippen LogP contribution in [-0.2, 0) is 4.79 Å². The fraction of sp³-hybridized carbons (Fsp3) is 0.800. The van der Waals surface area contributed by atoms with Crippen LogP contribution in [0.1, 0.15) is 9.27 Å². The molecule has 0 saturated carbocycles. The summed E-state index contributed by atoms with van der Waals surface area (Å²) in [4.78, 5) is 10.0. The summed E-state index contributed by atoms with van der Waals surface area (Å²) in [5.74, 6) is -1.87. The first-order chi connectivity index (χ1) is 4.22. The van der Waals surface area contributed by atoms with Crippen LogP contribution in [0.25, 0.3) is 0 Å². The molecule has 58 valence electrons. The van der Waals surface area contributed by atoms with Crippen LogP contribution in [0.2, 0.25) is 0 Å². The Balaban J connectivity index is -0.000000107. The minimum Gasteiger partial charge on any atom is -1.00 e. The second kappa shape index (κ2) is 7.75. The molecule has 0 aromatic rings. The van der Waals surface area contributed by atoms with Gasteiger partial charge in [-0.2, -0.15) is 0 Å². The molecule has 5 heteroatoms. The number of hydrogen-bond acceptors (Lipinski definition) is 3. The van der Waals surface area contributed by atoms with E-state index in [2.05, 4.69) is 0 Å². The molecule has 10 heavy (non-hydrogen) atoms. The topological polar surface area (TPSA) is 77.8 Å². The van der Waals surface area contributed by atoms with E-state index < -0.39 is 18.5 Å². The Morgan fingerprint density at radius 2 is 2.00 bits per heavy atom. The first-order valence-electron chi connectivity index (χ1n) is 2.67. The summed E-state index contributed by atoms with van der Waals surface area (Å²) >= 11 is 0. The van der Waals surface area contributed by atoms with Crippen molar-refractivity contribution < 1.29 is 23.0 Å². The van der Waals surface area contributed by atoms with Crippen molar-refractivity contribution in [2.45, 2.75) is 6.42 Å². The molecule has 1 atom stereocenters. The van der Waals surface area contributed by atoms with Gasteiger partial charge in [-0.1, -0.05) is 0 Å². The number of carbonyl (C=O) groups is 1. The van der Waals surface area contributed by atoms with Crippen LogP contribution in [0.15, 0.2) is 0 Å². The van der Waals surface area contributed by atoms with Crippen LogP contribution in [-0.4, -0.2) is 72.2 Å². The number of carboxylic acids is 1. The monoisotopic (exact) mass is 176 g/mol. The molecule has 0 saturated heterocycles. The average Bonchev–Trinajstić information content (AvgIpc) is 1.82. The van der Waals surface area contributed by atoms with Crippen LogP contribution < -0.4 is 0 Å². The molecule has 0 radical (unpaired) electrons. The molecule has 0 aliphatic carbocycles. The van der Waals surface area contributed by atoms with Gasteiger partial charge in [-0.05, 0) is 6.42 Å². The standard InChI is InChI=1S/C5H10O4.Ca.2H/c6-2-1-4(3-7)5(8)9;;;/h4,6-7H,1-3H2,(H,8,9);;;/q;+2;2*-1. The number of aliphatic carboxylic acids is 1. The van der Waals surface area contributed by atoms with Gasteiger partial charge in [0.15, 0.2) is 0 Å². The molecule has 0 aliphatic heterocycles. The van der Waals surface area contributed by atoms with Gasteiger partial charge < -0.3 is 18.2 Å². The molecular weight excluding hydrogens is 164 g/mol. The molecule has 0 spiro atoms. The zero-order valence-electron chi connectivity index (χ0n) is 7.66. The summed E-state index contributed by atoms with van der Waals surface area (Å²) in [7, 11) is 0. The van der Waals surface area contributed by atoms with Crippen LogP contribution in [0, 0.1) is 5.92 Å². The quantitative estimate of drug-likeness (QED) is 0.475. The van der Waals surface area contributed by atoms with Crippen LogP contribution >= 0.6 is 0 Å².